The van der Waals surface area contributed by atoms with E-state index in [2.05, 4.69) is 22.0 Å². The number of carbonyl (C=O) groups is 2. The van der Waals surface area contributed by atoms with Crippen molar-refractivity contribution in [2.75, 3.05) is 59.5 Å². The average Bonchev–Trinajstić information content (AvgIpc) is 3.20. The van der Waals surface area contributed by atoms with E-state index >= 15 is 0 Å². The molecular weight excluding hydrogens is 496 g/mol. The number of hydrogen-bond acceptors (Lipinski definition) is 7. The molecule has 1 aromatic heterocycles. The van der Waals surface area contributed by atoms with Gasteiger partial charge in [-0.3, -0.25) is 9.59 Å². The summed E-state index contributed by atoms with van der Waals surface area (Å²) in [5.41, 5.74) is -0.0384. The highest BCUT2D eigenvalue weighted by Crippen LogP contribution is 2.28. The van der Waals surface area contributed by atoms with Gasteiger partial charge in [0.15, 0.2) is 0 Å². The fraction of sp³-hybridized carbons (Fsp3) is 0.615. The van der Waals surface area contributed by atoms with Gasteiger partial charge >= 0.3 is 0 Å². The number of amides is 2. The van der Waals surface area contributed by atoms with Gasteiger partial charge in [-0.2, -0.15) is 5.10 Å². The number of likely N-dealkylation sites (N-methyl/N-ethyl adjacent to an activating group) is 1. The summed E-state index contributed by atoms with van der Waals surface area (Å²) in [5, 5.41) is 5.02. The third kappa shape index (κ3) is 7.00. The molecule has 0 radical (unpaired) electrons. The van der Waals surface area contributed by atoms with E-state index in [0.717, 1.165) is 24.5 Å². The smallest absolute Gasteiger partial charge is 0.225 e. The normalized spacial score (nSPS) is 20.8. The molecule has 4 rings (SSSR count). The molecule has 0 saturated carbocycles. The summed E-state index contributed by atoms with van der Waals surface area (Å²) in [7, 11) is 2.06. The van der Waals surface area contributed by atoms with Gasteiger partial charge in [-0.25, -0.2) is 9.67 Å². The molecule has 0 aliphatic carbocycles. The quantitative estimate of drug-likeness (QED) is 0.514. The van der Waals surface area contributed by atoms with E-state index in [1.807, 2.05) is 31.7 Å². The van der Waals surface area contributed by atoms with Crippen molar-refractivity contribution in [1.29, 1.82) is 0 Å². The maximum Gasteiger partial charge on any atom is 0.225 e. The molecule has 11 heteroatoms. The van der Waals surface area contributed by atoms with Crippen LogP contribution in [0.4, 0.5) is 0 Å². The Labute approximate surface area is 223 Å². The monoisotopic (exact) mass is 532 g/mol. The van der Waals surface area contributed by atoms with Crippen molar-refractivity contribution in [3.05, 3.63) is 40.4 Å². The minimum absolute atomic E-state index is 0.00499. The molecular formula is C26H37ClN6O4. The molecule has 2 saturated heterocycles. The lowest BCUT2D eigenvalue weighted by molar-refractivity contribution is -0.166. The second-order valence-corrected chi connectivity index (χ2v) is 10.5. The topological polar surface area (TPSA) is 93.0 Å². The van der Waals surface area contributed by atoms with Crippen LogP contribution >= 0.6 is 11.6 Å². The van der Waals surface area contributed by atoms with Crippen LogP contribution in [-0.4, -0.2) is 106 Å². The number of ether oxygens (including phenoxy) is 2. The van der Waals surface area contributed by atoms with Crippen molar-refractivity contribution in [1.82, 2.24) is 29.5 Å². The van der Waals surface area contributed by atoms with Gasteiger partial charge in [-0.15, -0.1) is 0 Å². The molecule has 2 aliphatic heterocycles. The van der Waals surface area contributed by atoms with Crippen LogP contribution in [0.25, 0.3) is 0 Å². The Kier molecular flexibility index (Phi) is 8.71. The highest BCUT2D eigenvalue weighted by molar-refractivity contribution is 6.31. The van der Waals surface area contributed by atoms with E-state index in [4.69, 9.17) is 21.1 Å². The van der Waals surface area contributed by atoms with Crippen LogP contribution in [0, 0.1) is 20.8 Å². The molecule has 10 nitrogen and oxygen atoms in total. The summed E-state index contributed by atoms with van der Waals surface area (Å²) < 4.78 is 14.2. The van der Waals surface area contributed by atoms with Crippen molar-refractivity contribution in [3.8, 4) is 5.75 Å². The number of benzene rings is 1. The van der Waals surface area contributed by atoms with Crippen LogP contribution < -0.4 is 4.74 Å². The highest BCUT2D eigenvalue weighted by atomic mass is 35.5. The number of carbonyl (C=O) groups excluding carboxylic acids is 2. The van der Waals surface area contributed by atoms with Crippen LogP contribution in [0.1, 0.15) is 30.1 Å². The van der Waals surface area contributed by atoms with Gasteiger partial charge in [0.05, 0.1) is 26.1 Å². The van der Waals surface area contributed by atoms with Gasteiger partial charge in [0, 0.05) is 44.2 Å². The van der Waals surface area contributed by atoms with E-state index in [1.165, 1.54) is 0 Å². The average molecular weight is 533 g/mol. The summed E-state index contributed by atoms with van der Waals surface area (Å²) in [6.45, 7) is 10.4. The Hall–Kier alpha value is -2.69. The summed E-state index contributed by atoms with van der Waals surface area (Å²) in [6, 6.07) is 5.46. The lowest BCUT2D eigenvalue weighted by atomic mass is 9.96. The van der Waals surface area contributed by atoms with Crippen molar-refractivity contribution >= 4 is 23.4 Å². The number of aryl methyl sites for hydroxylation is 4. The zero-order valence-corrected chi connectivity index (χ0v) is 23.0. The first-order chi connectivity index (χ1) is 17.6. The molecule has 3 heterocycles. The first kappa shape index (κ1) is 27.3. The SMILES string of the molecule is Cc1nc(C)n(CCC(=O)N2CCO[C@@](COc3ccc(Cl)c(C)c3)(CC(=O)N3CCN(C)CC3)C2)n1. The molecule has 0 spiro atoms. The molecule has 37 heavy (non-hydrogen) atoms. The van der Waals surface area contributed by atoms with Gasteiger partial charge in [0.1, 0.15) is 29.6 Å². The molecule has 0 bridgehead atoms. The lowest BCUT2D eigenvalue weighted by Crippen LogP contribution is -2.59. The van der Waals surface area contributed by atoms with E-state index in [0.29, 0.717) is 55.8 Å². The van der Waals surface area contributed by atoms with Gasteiger partial charge in [0.25, 0.3) is 0 Å². The maximum absolute atomic E-state index is 13.3. The number of halogens is 1. The maximum atomic E-state index is 13.3. The van der Waals surface area contributed by atoms with Crippen LogP contribution in [0.2, 0.25) is 5.02 Å². The summed E-state index contributed by atoms with van der Waals surface area (Å²) >= 11 is 6.17. The Morgan fingerprint density at radius 2 is 1.84 bits per heavy atom. The van der Waals surface area contributed by atoms with Crippen LogP contribution in [-0.2, 0) is 20.9 Å². The predicted octanol–water partition coefficient (Wildman–Crippen LogP) is 2.09. The zero-order valence-electron chi connectivity index (χ0n) is 22.2. The molecule has 2 amide bonds. The van der Waals surface area contributed by atoms with E-state index in [1.54, 1.807) is 21.7 Å². The third-order valence-corrected chi connectivity index (χ3v) is 7.49. The molecule has 2 aromatic rings. The molecule has 2 aliphatic rings. The molecule has 0 unspecified atom stereocenters. The third-order valence-electron chi connectivity index (χ3n) is 7.06. The van der Waals surface area contributed by atoms with Crippen molar-refractivity contribution < 1.29 is 19.1 Å². The number of aromatic nitrogens is 3. The Morgan fingerprint density at radius 3 is 2.51 bits per heavy atom. The standard InChI is InChI=1S/C26H37ClN6O4/c1-19-15-22(5-6-23(19)27)36-18-26(16-25(35)31-11-9-30(4)10-12-31)17-32(13-14-37-26)24(34)7-8-33-21(3)28-20(2)29-33/h5-6,15H,7-14,16-18H2,1-4H3/t26-/m0/s1. The largest absolute Gasteiger partial charge is 0.490 e. The second-order valence-electron chi connectivity index (χ2n) is 10.1. The number of morpholine rings is 1. The fourth-order valence-corrected chi connectivity index (χ4v) is 4.92. The first-order valence-corrected chi connectivity index (χ1v) is 13.2. The van der Waals surface area contributed by atoms with Crippen molar-refractivity contribution in [2.45, 2.75) is 45.8 Å². The predicted molar refractivity (Wildman–Crippen MR) is 140 cm³/mol. The minimum atomic E-state index is -0.943. The van der Waals surface area contributed by atoms with Crippen molar-refractivity contribution in [3.63, 3.8) is 0 Å². The van der Waals surface area contributed by atoms with Gasteiger partial charge in [-0.05, 0) is 51.6 Å². The van der Waals surface area contributed by atoms with Gasteiger partial charge < -0.3 is 24.2 Å². The summed E-state index contributed by atoms with van der Waals surface area (Å²) in [5.74, 6) is 2.14. The highest BCUT2D eigenvalue weighted by Gasteiger charge is 2.42. The second kappa shape index (κ2) is 11.8. The van der Waals surface area contributed by atoms with Gasteiger partial charge in [-0.1, -0.05) is 11.6 Å². The van der Waals surface area contributed by atoms with Gasteiger partial charge in [0.2, 0.25) is 11.8 Å². The first-order valence-electron chi connectivity index (χ1n) is 12.8. The molecule has 0 N–H and O–H groups in total. The molecule has 2 fully saturated rings. The van der Waals surface area contributed by atoms with E-state index in [9.17, 15) is 9.59 Å². The molecule has 1 aromatic carbocycles. The Balaban J connectivity index is 1.46. The van der Waals surface area contributed by atoms with Crippen LogP contribution in [0.5, 0.6) is 5.75 Å². The number of hydrogen-bond donors (Lipinski definition) is 0. The van der Waals surface area contributed by atoms with Crippen molar-refractivity contribution in [2.24, 2.45) is 0 Å². The van der Waals surface area contributed by atoms with Crippen LogP contribution in [0.15, 0.2) is 18.2 Å². The number of rotatable bonds is 8. The van der Waals surface area contributed by atoms with E-state index < -0.39 is 5.60 Å². The fourth-order valence-electron chi connectivity index (χ4n) is 4.80. The summed E-state index contributed by atoms with van der Waals surface area (Å²) in [4.78, 5) is 36.7. The minimum Gasteiger partial charge on any atom is -0.490 e. The van der Waals surface area contributed by atoms with E-state index in [-0.39, 0.29) is 31.4 Å². The molecule has 1 atom stereocenters. The summed E-state index contributed by atoms with van der Waals surface area (Å²) in [6.07, 6.45) is 0.442. The Morgan fingerprint density at radius 1 is 1.08 bits per heavy atom. The molecule has 202 valence electrons. The lowest BCUT2D eigenvalue weighted by Gasteiger charge is -2.43. The number of piperazine rings is 1. The van der Waals surface area contributed by atoms with Crippen LogP contribution in [0.3, 0.4) is 0 Å². The zero-order chi connectivity index (χ0) is 26.6. The Bertz CT molecular complexity index is 1120. The number of nitrogens with zero attached hydrogens (tertiary/aromatic N) is 6.